The van der Waals surface area contributed by atoms with Crippen molar-refractivity contribution in [2.24, 2.45) is 0 Å². The van der Waals surface area contributed by atoms with Gasteiger partial charge < -0.3 is 0 Å². The van der Waals surface area contributed by atoms with Crippen molar-refractivity contribution in [3.63, 3.8) is 0 Å². The van der Waals surface area contributed by atoms with E-state index in [2.05, 4.69) is 114 Å². The lowest BCUT2D eigenvalue weighted by molar-refractivity contribution is 0.653. The van der Waals surface area contributed by atoms with Crippen molar-refractivity contribution >= 4 is 21.5 Å². The largest absolute Gasteiger partial charge is 0.232 e. The van der Waals surface area contributed by atoms with Gasteiger partial charge in [-0.15, -0.1) is 0 Å². The maximum atomic E-state index is 5.29. The Morgan fingerprint density at radius 2 is 1.29 bits per heavy atom. The summed E-state index contributed by atoms with van der Waals surface area (Å²) in [5.41, 5.74) is 8.43. The van der Waals surface area contributed by atoms with Gasteiger partial charge in [-0.2, -0.15) is 0 Å². The minimum atomic E-state index is -0.197. The van der Waals surface area contributed by atoms with Gasteiger partial charge in [0.15, 0.2) is 0 Å². The molecular formula is C33H32N2. The summed E-state index contributed by atoms with van der Waals surface area (Å²) < 4.78 is 0. The smallest absolute Gasteiger partial charge is 0.132 e. The Morgan fingerprint density at radius 3 is 2.00 bits per heavy atom. The third-order valence-corrected chi connectivity index (χ3v) is 7.74. The SMILES string of the molecule is CC(C)c1nc2c(c(-c3ccc(C(C)C)c4ccccc34)n1)C(C)(C)c1ccc3ccccc3c1-2. The van der Waals surface area contributed by atoms with E-state index in [1.807, 2.05) is 0 Å². The second kappa shape index (κ2) is 7.75. The molecule has 5 aromatic rings. The van der Waals surface area contributed by atoms with Gasteiger partial charge in [0.25, 0.3) is 0 Å². The molecule has 0 fully saturated rings. The lowest BCUT2D eigenvalue weighted by Gasteiger charge is -2.25. The Kier molecular flexibility index (Phi) is 4.86. The molecule has 0 bridgehead atoms. The van der Waals surface area contributed by atoms with Crippen LogP contribution in [0.15, 0.2) is 72.8 Å². The van der Waals surface area contributed by atoms with Crippen LogP contribution in [0.2, 0.25) is 0 Å². The number of benzene rings is 4. The summed E-state index contributed by atoms with van der Waals surface area (Å²) in [5.74, 6) is 1.61. The van der Waals surface area contributed by atoms with Crippen LogP contribution in [0, 0.1) is 0 Å². The maximum absolute atomic E-state index is 5.29. The minimum Gasteiger partial charge on any atom is -0.232 e. The highest BCUT2D eigenvalue weighted by molar-refractivity contribution is 6.05. The maximum Gasteiger partial charge on any atom is 0.132 e. The fraction of sp³-hybridized carbons (Fsp3) is 0.273. The molecule has 0 saturated heterocycles. The van der Waals surface area contributed by atoms with E-state index in [0.717, 1.165) is 17.2 Å². The van der Waals surface area contributed by atoms with E-state index in [0.29, 0.717) is 5.92 Å². The molecule has 2 heteroatoms. The zero-order valence-electron chi connectivity index (χ0n) is 21.5. The molecule has 0 unspecified atom stereocenters. The summed E-state index contributed by atoms with van der Waals surface area (Å²) in [6.45, 7) is 13.6. The number of fused-ring (bicyclic) bond motifs is 6. The third-order valence-electron chi connectivity index (χ3n) is 7.74. The first-order valence-corrected chi connectivity index (χ1v) is 12.8. The Hall–Kier alpha value is -3.52. The van der Waals surface area contributed by atoms with Crippen LogP contribution in [-0.2, 0) is 5.41 Å². The van der Waals surface area contributed by atoms with E-state index < -0.39 is 0 Å². The van der Waals surface area contributed by atoms with Gasteiger partial charge >= 0.3 is 0 Å². The van der Waals surface area contributed by atoms with Crippen molar-refractivity contribution in [3.8, 4) is 22.5 Å². The quantitative estimate of drug-likeness (QED) is 0.271. The molecule has 35 heavy (non-hydrogen) atoms. The van der Waals surface area contributed by atoms with E-state index in [9.17, 15) is 0 Å². The molecule has 0 atom stereocenters. The molecule has 0 radical (unpaired) electrons. The van der Waals surface area contributed by atoms with Crippen LogP contribution in [0.25, 0.3) is 44.1 Å². The van der Waals surface area contributed by atoms with Crippen LogP contribution in [0.3, 0.4) is 0 Å². The van der Waals surface area contributed by atoms with Gasteiger partial charge in [-0.05, 0) is 38.6 Å². The van der Waals surface area contributed by atoms with E-state index in [1.165, 1.54) is 49.4 Å². The molecule has 2 nitrogen and oxygen atoms in total. The summed E-state index contributed by atoms with van der Waals surface area (Å²) >= 11 is 0. The predicted molar refractivity (Wildman–Crippen MR) is 148 cm³/mol. The van der Waals surface area contributed by atoms with Crippen LogP contribution in [0.1, 0.15) is 75.9 Å². The van der Waals surface area contributed by atoms with Gasteiger partial charge in [-0.25, -0.2) is 9.97 Å². The molecular weight excluding hydrogens is 424 g/mol. The monoisotopic (exact) mass is 456 g/mol. The van der Waals surface area contributed by atoms with Gasteiger partial charge in [0, 0.05) is 28.0 Å². The highest BCUT2D eigenvalue weighted by Gasteiger charge is 2.41. The number of nitrogens with zero attached hydrogens (tertiary/aromatic N) is 2. The lowest BCUT2D eigenvalue weighted by Crippen LogP contribution is -2.18. The van der Waals surface area contributed by atoms with Crippen molar-refractivity contribution in [3.05, 3.63) is 95.3 Å². The Balaban J connectivity index is 1.75. The van der Waals surface area contributed by atoms with Crippen molar-refractivity contribution in [1.82, 2.24) is 9.97 Å². The Morgan fingerprint density at radius 1 is 0.629 bits per heavy atom. The highest BCUT2D eigenvalue weighted by atomic mass is 14.9. The molecule has 0 saturated carbocycles. The van der Waals surface area contributed by atoms with Crippen LogP contribution in [0.4, 0.5) is 0 Å². The number of hydrogen-bond donors (Lipinski definition) is 0. The van der Waals surface area contributed by atoms with Crippen molar-refractivity contribution < 1.29 is 0 Å². The van der Waals surface area contributed by atoms with Crippen molar-refractivity contribution in [2.45, 2.75) is 58.8 Å². The fourth-order valence-corrected chi connectivity index (χ4v) is 5.92. The average molecular weight is 457 g/mol. The summed E-state index contributed by atoms with van der Waals surface area (Å²) in [6, 6.07) is 26.6. The van der Waals surface area contributed by atoms with Gasteiger partial charge in [-0.3, -0.25) is 0 Å². The van der Waals surface area contributed by atoms with Gasteiger partial charge in [0.1, 0.15) is 5.82 Å². The van der Waals surface area contributed by atoms with Gasteiger partial charge in [0.2, 0.25) is 0 Å². The summed E-state index contributed by atoms with van der Waals surface area (Å²) in [7, 11) is 0. The first-order chi connectivity index (χ1) is 16.8. The summed E-state index contributed by atoms with van der Waals surface area (Å²) in [4.78, 5) is 10.5. The highest BCUT2D eigenvalue weighted by Crippen LogP contribution is 2.54. The van der Waals surface area contributed by atoms with Gasteiger partial charge in [-0.1, -0.05) is 114 Å². The number of aromatic nitrogens is 2. The molecule has 0 N–H and O–H groups in total. The molecule has 0 aliphatic heterocycles. The Bertz CT molecular complexity index is 1620. The van der Waals surface area contributed by atoms with Crippen LogP contribution in [0.5, 0.6) is 0 Å². The zero-order valence-corrected chi connectivity index (χ0v) is 21.5. The molecule has 1 aliphatic carbocycles. The average Bonchev–Trinajstić information content (AvgIpc) is 3.09. The molecule has 1 aromatic heterocycles. The van der Waals surface area contributed by atoms with Crippen molar-refractivity contribution in [2.75, 3.05) is 0 Å². The lowest BCUT2D eigenvalue weighted by atomic mass is 9.79. The van der Waals surface area contributed by atoms with Crippen LogP contribution in [-0.4, -0.2) is 9.97 Å². The molecule has 0 amide bonds. The third kappa shape index (κ3) is 3.16. The van der Waals surface area contributed by atoms with Crippen LogP contribution >= 0.6 is 0 Å². The molecule has 1 aliphatic rings. The standard InChI is InChI=1S/C33H32N2/c1-19(2)22-16-17-26(25-14-10-9-13-24(22)25)30-29-31(35-32(34-30)20(3)4)28-23-12-8-7-11-21(23)15-18-27(28)33(29,5)6/h7-20H,1-6H3. The van der Waals surface area contributed by atoms with E-state index >= 15 is 0 Å². The van der Waals surface area contributed by atoms with E-state index in [1.54, 1.807) is 0 Å². The Labute approximate surface area is 208 Å². The van der Waals surface area contributed by atoms with Gasteiger partial charge in [0.05, 0.1) is 11.4 Å². The topological polar surface area (TPSA) is 25.8 Å². The first kappa shape index (κ1) is 22.0. The van der Waals surface area contributed by atoms with E-state index in [-0.39, 0.29) is 11.3 Å². The van der Waals surface area contributed by atoms with Crippen molar-refractivity contribution in [1.29, 1.82) is 0 Å². The minimum absolute atomic E-state index is 0.197. The molecule has 1 heterocycles. The second-order valence-electron chi connectivity index (χ2n) is 11.0. The molecule has 0 spiro atoms. The normalized spacial score (nSPS) is 14.2. The fourth-order valence-electron chi connectivity index (χ4n) is 5.92. The first-order valence-electron chi connectivity index (χ1n) is 12.8. The summed E-state index contributed by atoms with van der Waals surface area (Å²) in [6.07, 6.45) is 0. The summed E-state index contributed by atoms with van der Waals surface area (Å²) in [5, 5.41) is 5.12. The second-order valence-corrected chi connectivity index (χ2v) is 11.0. The van der Waals surface area contributed by atoms with Crippen LogP contribution < -0.4 is 0 Å². The molecule has 6 rings (SSSR count). The predicted octanol–water partition coefficient (Wildman–Crippen LogP) is 9.00. The molecule has 4 aromatic carbocycles. The molecule has 174 valence electrons. The number of rotatable bonds is 3. The number of hydrogen-bond acceptors (Lipinski definition) is 2. The van der Waals surface area contributed by atoms with E-state index in [4.69, 9.17) is 9.97 Å². The zero-order chi connectivity index (χ0) is 24.5.